The van der Waals surface area contributed by atoms with Crippen LogP contribution in [-0.2, 0) is 9.47 Å². The Balaban J connectivity index is 1.44. The zero-order valence-corrected chi connectivity index (χ0v) is 21.9. The van der Waals surface area contributed by atoms with Crippen LogP contribution < -0.4 is 9.47 Å². The van der Waals surface area contributed by atoms with E-state index in [0.717, 1.165) is 16.9 Å². The number of nitro groups is 1. The highest BCUT2D eigenvalue weighted by Gasteiger charge is 2.40. The fourth-order valence-electron chi connectivity index (χ4n) is 4.62. The van der Waals surface area contributed by atoms with Crippen molar-refractivity contribution < 1.29 is 28.7 Å². The summed E-state index contributed by atoms with van der Waals surface area (Å²) < 4.78 is 25.5. The number of imidazole rings is 1. The van der Waals surface area contributed by atoms with Crippen LogP contribution in [0.5, 0.6) is 11.5 Å². The Morgan fingerprint density at radius 2 is 1.72 bits per heavy atom. The Kier molecular flexibility index (Phi) is 7.47. The van der Waals surface area contributed by atoms with E-state index in [-0.39, 0.29) is 30.4 Å². The van der Waals surface area contributed by atoms with Crippen LogP contribution in [-0.4, -0.2) is 45.9 Å². The zero-order valence-electron chi connectivity index (χ0n) is 21.9. The zero-order chi connectivity index (χ0) is 27.5. The quantitative estimate of drug-likeness (QED) is 0.157. The van der Waals surface area contributed by atoms with Crippen molar-refractivity contribution in [2.75, 3.05) is 13.2 Å². The van der Waals surface area contributed by atoms with E-state index < -0.39 is 28.9 Å². The van der Waals surface area contributed by atoms with Gasteiger partial charge in [0.05, 0.1) is 23.4 Å². The van der Waals surface area contributed by atoms with Crippen molar-refractivity contribution in [2.24, 2.45) is 0 Å². The third kappa shape index (κ3) is 5.56. The largest absolute Gasteiger partial charge is 0.491 e. The number of nitro benzene ring substituents is 1. The first-order chi connectivity index (χ1) is 18.8. The number of carbonyl (C=O) groups is 1. The Bertz CT molecular complexity index is 1480. The Morgan fingerprint density at radius 3 is 2.36 bits per heavy atom. The topological polar surface area (TPSA) is 115 Å². The molecular formula is C29H29N3O7. The molecule has 0 unspecified atom stereocenters. The summed E-state index contributed by atoms with van der Waals surface area (Å²) in [5.74, 6) is 0.662. The number of fused-ring (bicyclic) bond motifs is 1. The predicted octanol–water partition coefficient (Wildman–Crippen LogP) is 5.55. The molecule has 0 bridgehead atoms. The number of rotatable bonds is 9. The molecule has 1 saturated heterocycles. The summed E-state index contributed by atoms with van der Waals surface area (Å²) in [6.45, 7) is 6.01. The third-order valence-electron chi connectivity index (χ3n) is 6.63. The fraction of sp³-hybridized carbons (Fsp3) is 0.310. The van der Waals surface area contributed by atoms with Gasteiger partial charge < -0.3 is 23.5 Å². The second-order valence-electron chi connectivity index (χ2n) is 9.42. The number of esters is 1. The maximum atomic E-state index is 12.3. The Hall–Kier alpha value is -4.44. The van der Waals surface area contributed by atoms with Crippen molar-refractivity contribution in [3.63, 3.8) is 0 Å². The molecule has 2 heterocycles. The summed E-state index contributed by atoms with van der Waals surface area (Å²) in [5, 5.41) is 11.9. The summed E-state index contributed by atoms with van der Waals surface area (Å²) in [7, 11) is 0. The van der Waals surface area contributed by atoms with Crippen molar-refractivity contribution in [1.29, 1.82) is 0 Å². The van der Waals surface area contributed by atoms with Crippen LogP contribution in [0.2, 0.25) is 0 Å². The smallest absolute Gasteiger partial charge is 0.345 e. The molecular weight excluding hydrogens is 502 g/mol. The number of carbonyl (C=O) groups excluding carboxylic acids is 1. The minimum absolute atomic E-state index is 0.0875. The van der Waals surface area contributed by atoms with Crippen LogP contribution in [0, 0.1) is 24.0 Å². The van der Waals surface area contributed by atoms with Crippen molar-refractivity contribution in [3.8, 4) is 11.5 Å². The molecule has 10 nitrogen and oxygen atoms in total. The van der Waals surface area contributed by atoms with Gasteiger partial charge in [0.15, 0.2) is 5.52 Å². The highest BCUT2D eigenvalue weighted by Crippen LogP contribution is 2.37. The molecule has 0 spiro atoms. The highest BCUT2D eigenvalue weighted by molar-refractivity contribution is 6.01. The lowest BCUT2D eigenvalue weighted by Gasteiger charge is -2.20. The number of benzene rings is 3. The van der Waals surface area contributed by atoms with Gasteiger partial charge in [-0.1, -0.05) is 35.4 Å². The minimum Gasteiger partial charge on any atom is -0.491 e. The van der Waals surface area contributed by atoms with E-state index in [4.69, 9.17) is 18.9 Å². The monoisotopic (exact) mass is 531 g/mol. The van der Waals surface area contributed by atoms with Gasteiger partial charge in [0.2, 0.25) is 0 Å². The normalized spacial score (nSPS) is 18.7. The summed E-state index contributed by atoms with van der Waals surface area (Å²) in [6.07, 6.45) is 0.640. The summed E-state index contributed by atoms with van der Waals surface area (Å²) in [6, 6.07) is 18.5. The second kappa shape index (κ2) is 11.1. The summed E-state index contributed by atoms with van der Waals surface area (Å²) in [5.41, 5.74) is 2.27. The van der Waals surface area contributed by atoms with Gasteiger partial charge in [0.25, 0.3) is 0 Å². The molecule has 10 heteroatoms. The first kappa shape index (κ1) is 26.2. The molecule has 1 aliphatic rings. The van der Waals surface area contributed by atoms with Gasteiger partial charge in [-0.05, 0) is 57.2 Å². The number of ether oxygens (including phenoxy) is 4. The molecule has 39 heavy (non-hydrogen) atoms. The van der Waals surface area contributed by atoms with Gasteiger partial charge in [-0.2, -0.15) is 0 Å². The third-order valence-corrected chi connectivity index (χ3v) is 6.63. The second-order valence-corrected chi connectivity index (χ2v) is 9.42. The van der Waals surface area contributed by atoms with Gasteiger partial charge in [-0.25, -0.2) is 9.78 Å². The van der Waals surface area contributed by atoms with Crippen LogP contribution in [0.15, 0.2) is 67.0 Å². The van der Waals surface area contributed by atoms with Crippen molar-refractivity contribution in [2.45, 2.75) is 45.6 Å². The van der Waals surface area contributed by atoms with E-state index in [1.807, 2.05) is 62.4 Å². The lowest BCUT2D eigenvalue weighted by molar-refractivity contribution is -0.383. The molecule has 0 saturated carbocycles. The van der Waals surface area contributed by atoms with Crippen LogP contribution in [0.25, 0.3) is 11.0 Å². The van der Waals surface area contributed by atoms with E-state index in [0.29, 0.717) is 17.7 Å². The first-order valence-electron chi connectivity index (χ1n) is 12.7. The summed E-state index contributed by atoms with van der Waals surface area (Å²) >= 11 is 0. The molecule has 1 fully saturated rings. The average molecular weight is 532 g/mol. The summed E-state index contributed by atoms with van der Waals surface area (Å²) in [4.78, 5) is 28.0. The molecule has 3 atom stereocenters. The number of hydrogen-bond acceptors (Lipinski definition) is 8. The lowest BCUT2D eigenvalue weighted by atomic mass is 10.1. The number of aromatic nitrogens is 2. The molecule has 0 amide bonds. The van der Waals surface area contributed by atoms with Gasteiger partial charge in [-0.15, -0.1) is 0 Å². The van der Waals surface area contributed by atoms with Crippen LogP contribution in [0.1, 0.15) is 41.1 Å². The van der Waals surface area contributed by atoms with E-state index in [1.54, 1.807) is 17.6 Å². The van der Waals surface area contributed by atoms with Crippen molar-refractivity contribution >= 4 is 22.7 Å². The van der Waals surface area contributed by atoms with Crippen molar-refractivity contribution in [1.82, 2.24) is 9.55 Å². The minimum atomic E-state index is -0.766. The molecule has 3 aromatic carbocycles. The molecule has 1 aliphatic heterocycles. The lowest BCUT2D eigenvalue weighted by Crippen LogP contribution is -2.32. The Morgan fingerprint density at radius 1 is 1.05 bits per heavy atom. The highest BCUT2D eigenvalue weighted by atomic mass is 16.6. The van der Waals surface area contributed by atoms with Gasteiger partial charge in [0, 0.05) is 6.42 Å². The predicted molar refractivity (Wildman–Crippen MR) is 143 cm³/mol. The number of hydrogen-bond donors (Lipinski definition) is 0. The van der Waals surface area contributed by atoms with E-state index in [9.17, 15) is 14.9 Å². The average Bonchev–Trinajstić information content (AvgIpc) is 3.53. The standard InChI is InChI=1S/C29H29N3O7/c1-4-36-29(33)22-13-14-23-27(28(22)32(34)35)30-17-31(23)26-15-24(38-21-11-7-19(3)8-12-21)25(39-26)16-37-20-9-5-18(2)6-10-20/h5-14,17,24-26H,4,15-16H2,1-3H3/t24-,25+,26+/m0/s1. The Labute approximate surface area is 225 Å². The molecule has 5 rings (SSSR count). The van der Waals surface area contributed by atoms with Gasteiger partial charge >= 0.3 is 11.7 Å². The number of aryl methyl sites for hydroxylation is 2. The fourth-order valence-corrected chi connectivity index (χ4v) is 4.62. The maximum absolute atomic E-state index is 12.3. The maximum Gasteiger partial charge on any atom is 0.345 e. The SMILES string of the molecule is CCOC(=O)c1ccc2c(ncn2[C@H]2C[C@H](Oc3ccc(C)cc3)[C@@H](COc3ccc(C)cc3)O2)c1[N+](=O)[O-]. The van der Waals surface area contributed by atoms with E-state index in [1.165, 1.54) is 12.4 Å². The molecule has 4 aromatic rings. The van der Waals surface area contributed by atoms with Gasteiger partial charge in [0.1, 0.15) is 42.1 Å². The van der Waals surface area contributed by atoms with Gasteiger partial charge in [-0.3, -0.25) is 10.1 Å². The molecule has 202 valence electrons. The van der Waals surface area contributed by atoms with Crippen LogP contribution >= 0.6 is 0 Å². The number of nitrogens with zero attached hydrogens (tertiary/aromatic N) is 3. The first-order valence-corrected chi connectivity index (χ1v) is 12.7. The van der Waals surface area contributed by atoms with Crippen LogP contribution in [0.4, 0.5) is 5.69 Å². The van der Waals surface area contributed by atoms with E-state index >= 15 is 0 Å². The molecule has 0 aliphatic carbocycles. The molecule has 0 N–H and O–H groups in total. The van der Waals surface area contributed by atoms with Crippen molar-refractivity contribution in [3.05, 3.63) is 93.8 Å². The van der Waals surface area contributed by atoms with E-state index in [2.05, 4.69) is 4.98 Å². The molecule has 1 aromatic heterocycles. The van der Waals surface area contributed by atoms with Crippen LogP contribution in [0.3, 0.4) is 0 Å². The molecule has 0 radical (unpaired) electrons.